The summed E-state index contributed by atoms with van der Waals surface area (Å²) in [6, 6.07) is 4.37. The summed E-state index contributed by atoms with van der Waals surface area (Å²) in [4.78, 5) is 3.18. The first kappa shape index (κ1) is 14.4. The van der Waals surface area contributed by atoms with Crippen LogP contribution in [0, 0.1) is 11.6 Å². The molecule has 1 aromatic heterocycles. The Bertz CT molecular complexity index is 735. The Hall–Kier alpha value is -2.06. The van der Waals surface area contributed by atoms with Gasteiger partial charge in [-0.1, -0.05) is 6.07 Å². The highest BCUT2D eigenvalue weighted by molar-refractivity contribution is 7.92. The fourth-order valence-electron chi connectivity index (χ4n) is 1.60. The predicted molar refractivity (Wildman–Crippen MR) is 69.3 cm³/mol. The second-order valence-corrected chi connectivity index (χ2v) is 5.57. The van der Waals surface area contributed by atoms with Gasteiger partial charge in [-0.05, 0) is 23.8 Å². The summed E-state index contributed by atoms with van der Waals surface area (Å²) in [5.74, 6) is -1.56. The Balaban J connectivity index is 2.46. The van der Waals surface area contributed by atoms with Crippen molar-refractivity contribution < 1.29 is 17.2 Å². The fourth-order valence-corrected chi connectivity index (χ4v) is 2.93. The van der Waals surface area contributed by atoms with E-state index in [1.54, 1.807) is 0 Å². The lowest BCUT2D eigenvalue weighted by atomic mass is 10.2. The topological polar surface area (TPSA) is 85.1 Å². The molecule has 0 aliphatic carbocycles. The standard InChI is InChI=1S/C12H11F2N3O2S/c13-9-2-1-8(6-15)12(5-9)20(18,19)17-11-3-4-16-7-10(11)14/h1-5,7H,6,15H2,(H,16,17). The van der Waals surface area contributed by atoms with Gasteiger partial charge in [-0.15, -0.1) is 0 Å². The molecule has 106 valence electrons. The summed E-state index contributed by atoms with van der Waals surface area (Å²) in [6.45, 7) is -0.0879. The van der Waals surface area contributed by atoms with E-state index in [1.807, 2.05) is 4.72 Å². The van der Waals surface area contributed by atoms with Crippen LogP contribution in [0.25, 0.3) is 0 Å². The Morgan fingerprint density at radius 2 is 2.00 bits per heavy atom. The molecular weight excluding hydrogens is 288 g/mol. The van der Waals surface area contributed by atoms with Crippen molar-refractivity contribution in [3.8, 4) is 0 Å². The molecule has 1 heterocycles. The molecule has 0 aliphatic rings. The van der Waals surface area contributed by atoms with Gasteiger partial charge < -0.3 is 5.73 Å². The highest BCUT2D eigenvalue weighted by atomic mass is 32.2. The number of nitrogens with two attached hydrogens (primary N) is 1. The molecule has 2 aromatic rings. The van der Waals surface area contributed by atoms with Gasteiger partial charge in [0.25, 0.3) is 10.0 Å². The van der Waals surface area contributed by atoms with E-state index in [4.69, 9.17) is 5.73 Å². The average molecular weight is 299 g/mol. The summed E-state index contributed by atoms with van der Waals surface area (Å²) in [7, 11) is -4.14. The number of rotatable bonds is 4. The number of pyridine rings is 1. The third-order valence-electron chi connectivity index (χ3n) is 2.56. The monoisotopic (exact) mass is 299 g/mol. The number of nitrogens with zero attached hydrogens (tertiary/aromatic N) is 1. The van der Waals surface area contributed by atoms with Crippen molar-refractivity contribution in [2.24, 2.45) is 5.73 Å². The molecule has 0 spiro atoms. The normalized spacial score (nSPS) is 11.3. The number of anilines is 1. The smallest absolute Gasteiger partial charge is 0.262 e. The molecule has 3 N–H and O–H groups in total. The van der Waals surface area contributed by atoms with E-state index in [-0.39, 0.29) is 22.7 Å². The van der Waals surface area contributed by atoms with E-state index in [2.05, 4.69) is 4.98 Å². The van der Waals surface area contributed by atoms with Crippen molar-refractivity contribution in [1.29, 1.82) is 0 Å². The van der Waals surface area contributed by atoms with Crippen LogP contribution in [-0.4, -0.2) is 13.4 Å². The molecule has 0 amide bonds. The van der Waals surface area contributed by atoms with Crippen molar-refractivity contribution in [3.05, 3.63) is 53.9 Å². The number of hydrogen-bond acceptors (Lipinski definition) is 4. The molecule has 0 unspecified atom stereocenters. The number of aromatic nitrogens is 1. The highest BCUT2D eigenvalue weighted by Gasteiger charge is 2.20. The van der Waals surface area contributed by atoms with Gasteiger partial charge in [0.2, 0.25) is 0 Å². The quantitative estimate of drug-likeness (QED) is 0.898. The van der Waals surface area contributed by atoms with Crippen molar-refractivity contribution in [1.82, 2.24) is 4.98 Å². The van der Waals surface area contributed by atoms with Crippen LogP contribution in [0.2, 0.25) is 0 Å². The maximum atomic E-state index is 13.4. The zero-order chi connectivity index (χ0) is 14.8. The molecule has 20 heavy (non-hydrogen) atoms. The van der Waals surface area contributed by atoms with Crippen LogP contribution in [0.5, 0.6) is 0 Å². The number of hydrogen-bond donors (Lipinski definition) is 2. The van der Waals surface area contributed by atoms with E-state index in [0.717, 1.165) is 24.4 Å². The predicted octanol–water partition coefficient (Wildman–Crippen LogP) is 1.62. The molecule has 2 rings (SSSR count). The van der Waals surface area contributed by atoms with Crippen molar-refractivity contribution in [2.45, 2.75) is 11.4 Å². The van der Waals surface area contributed by atoms with Gasteiger partial charge >= 0.3 is 0 Å². The molecule has 0 aliphatic heterocycles. The zero-order valence-electron chi connectivity index (χ0n) is 10.2. The molecule has 0 atom stereocenters. The van der Waals surface area contributed by atoms with Crippen LogP contribution in [0.15, 0.2) is 41.6 Å². The van der Waals surface area contributed by atoms with Crippen LogP contribution in [0.1, 0.15) is 5.56 Å². The first-order valence-corrected chi connectivity index (χ1v) is 7.03. The highest BCUT2D eigenvalue weighted by Crippen LogP contribution is 2.21. The number of halogens is 2. The van der Waals surface area contributed by atoms with E-state index in [0.29, 0.717) is 0 Å². The van der Waals surface area contributed by atoms with Gasteiger partial charge in [-0.3, -0.25) is 9.71 Å². The van der Waals surface area contributed by atoms with Crippen molar-refractivity contribution in [3.63, 3.8) is 0 Å². The van der Waals surface area contributed by atoms with Crippen LogP contribution in [0.3, 0.4) is 0 Å². The van der Waals surface area contributed by atoms with E-state index in [1.165, 1.54) is 12.3 Å². The largest absolute Gasteiger partial charge is 0.326 e. The Labute approximate surface area is 114 Å². The Morgan fingerprint density at radius 3 is 2.65 bits per heavy atom. The molecule has 0 bridgehead atoms. The van der Waals surface area contributed by atoms with Gasteiger partial charge in [0.1, 0.15) is 5.82 Å². The van der Waals surface area contributed by atoms with Crippen molar-refractivity contribution >= 4 is 15.7 Å². The van der Waals surface area contributed by atoms with Crippen LogP contribution in [-0.2, 0) is 16.6 Å². The summed E-state index contributed by atoms with van der Waals surface area (Å²) in [6.07, 6.45) is 2.10. The minimum Gasteiger partial charge on any atom is -0.326 e. The summed E-state index contributed by atoms with van der Waals surface area (Å²) in [5, 5.41) is 0. The minimum atomic E-state index is -4.14. The molecule has 0 fully saturated rings. The second kappa shape index (κ2) is 5.51. The van der Waals surface area contributed by atoms with E-state index in [9.17, 15) is 17.2 Å². The lowest BCUT2D eigenvalue weighted by Crippen LogP contribution is -2.17. The molecule has 5 nitrogen and oxygen atoms in total. The Kier molecular flexibility index (Phi) is 3.96. The molecule has 0 radical (unpaired) electrons. The Morgan fingerprint density at radius 1 is 1.25 bits per heavy atom. The first-order chi connectivity index (χ1) is 9.44. The van der Waals surface area contributed by atoms with Gasteiger partial charge in [0.05, 0.1) is 16.8 Å². The lowest BCUT2D eigenvalue weighted by Gasteiger charge is -2.11. The van der Waals surface area contributed by atoms with Crippen molar-refractivity contribution in [2.75, 3.05) is 4.72 Å². The number of benzene rings is 1. The van der Waals surface area contributed by atoms with Crippen LogP contribution < -0.4 is 10.5 Å². The summed E-state index contributed by atoms with van der Waals surface area (Å²) >= 11 is 0. The maximum absolute atomic E-state index is 13.4. The summed E-state index contributed by atoms with van der Waals surface area (Å²) < 4.78 is 53.0. The van der Waals surface area contributed by atoms with E-state index >= 15 is 0 Å². The van der Waals surface area contributed by atoms with Gasteiger partial charge in [0.15, 0.2) is 5.82 Å². The van der Waals surface area contributed by atoms with Crippen LogP contribution >= 0.6 is 0 Å². The molecule has 0 saturated heterocycles. The van der Waals surface area contributed by atoms with Gasteiger partial charge in [-0.25, -0.2) is 17.2 Å². The summed E-state index contributed by atoms with van der Waals surface area (Å²) in [5.41, 5.74) is 5.38. The lowest BCUT2D eigenvalue weighted by molar-refractivity contribution is 0.591. The molecular formula is C12H11F2N3O2S. The fraction of sp³-hybridized carbons (Fsp3) is 0.0833. The SMILES string of the molecule is NCc1ccc(F)cc1S(=O)(=O)Nc1ccncc1F. The van der Waals surface area contributed by atoms with Crippen LogP contribution in [0.4, 0.5) is 14.5 Å². The third kappa shape index (κ3) is 2.91. The second-order valence-electron chi connectivity index (χ2n) is 3.92. The third-order valence-corrected chi connectivity index (χ3v) is 4.00. The molecule has 1 aromatic carbocycles. The van der Waals surface area contributed by atoms with Gasteiger partial charge in [0, 0.05) is 12.7 Å². The van der Waals surface area contributed by atoms with E-state index < -0.39 is 21.7 Å². The maximum Gasteiger partial charge on any atom is 0.262 e. The minimum absolute atomic E-state index is 0.0879. The number of nitrogens with one attached hydrogen (secondary N) is 1. The number of sulfonamides is 1. The van der Waals surface area contributed by atoms with Gasteiger partial charge in [-0.2, -0.15) is 0 Å². The first-order valence-electron chi connectivity index (χ1n) is 5.55. The molecule has 0 saturated carbocycles. The average Bonchev–Trinajstić information content (AvgIpc) is 2.41. The molecule has 8 heteroatoms. The zero-order valence-corrected chi connectivity index (χ0v) is 11.0.